The van der Waals surface area contributed by atoms with E-state index >= 15 is 0 Å². The van der Waals surface area contributed by atoms with Gasteiger partial charge in [0.1, 0.15) is 0 Å². The maximum Gasteiger partial charge on any atom is 0.188 e. The Morgan fingerprint density at radius 2 is 1.86 bits per heavy atom. The summed E-state index contributed by atoms with van der Waals surface area (Å²) in [6, 6.07) is 8.52. The van der Waals surface area contributed by atoms with Crippen molar-refractivity contribution in [3.63, 3.8) is 0 Å². The highest BCUT2D eigenvalue weighted by Gasteiger charge is 2.06. The Labute approximate surface area is 136 Å². The average molecular weight is 328 g/mol. The number of nitrogens with zero attached hydrogens (tertiary/aromatic N) is 3. The van der Waals surface area contributed by atoms with Crippen molar-refractivity contribution in [1.29, 1.82) is 0 Å². The Bertz CT molecular complexity index is 813. The quantitative estimate of drug-likeness (QED) is 0.533. The van der Waals surface area contributed by atoms with Crippen LogP contribution >= 0.6 is 22.9 Å². The van der Waals surface area contributed by atoms with E-state index in [1.165, 1.54) is 17.4 Å². The van der Waals surface area contributed by atoms with Gasteiger partial charge in [0.05, 0.1) is 5.69 Å². The molecule has 2 heterocycles. The monoisotopic (exact) mass is 327 g/mol. The maximum atomic E-state index is 12.0. The SMILES string of the molecule is O=C(/C=C/c1csc(-c2ncccn2)n1)c1ccc(Cl)cc1. The summed E-state index contributed by atoms with van der Waals surface area (Å²) in [5.74, 6) is 0.485. The van der Waals surface area contributed by atoms with Crippen LogP contribution in [0.15, 0.2) is 54.2 Å². The molecule has 0 bridgehead atoms. The lowest BCUT2D eigenvalue weighted by molar-refractivity contribution is 0.104. The van der Waals surface area contributed by atoms with Gasteiger partial charge in [-0.05, 0) is 42.5 Å². The molecule has 0 unspecified atom stereocenters. The summed E-state index contributed by atoms with van der Waals surface area (Å²) in [6.45, 7) is 0. The van der Waals surface area contributed by atoms with Crippen LogP contribution in [0.1, 0.15) is 16.1 Å². The average Bonchev–Trinajstić information content (AvgIpc) is 3.03. The van der Waals surface area contributed by atoms with E-state index in [0.717, 1.165) is 5.01 Å². The van der Waals surface area contributed by atoms with E-state index < -0.39 is 0 Å². The van der Waals surface area contributed by atoms with Crippen molar-refractivity contribution in [1.82, 2.24) is 15.0 Å². The Balaban J connectivity index is 1.75. The van der Waals surface area contributed by atoms with Crippen molar-refractivity contribution in [2.75, 3.05) is 0 Å². The van der Waals surface area contributed by atoms with Gasteiger partial charge in [0, 0.05) is 28.4 Å². The fraction of sp³-hybridized carbons (Fsp3) is 0. The van der Waals surface area contributed by atoms with Crippen LogP contribution in [-0.2, 0) is 0 Å². The predicted octanol–water partition coefficient (Wildman–Crippen LogP) is 4.15. The maximum absolute atomic E-state index is 12.0. The van der Waals surface area contributed by atoms with E-state index in [9.17, 15) is 4.79 Å². The molecule has 4 nitrogen and oxygen atoms in total. The highest BCUT2D eigenvalue weighted by molar-refractivity contribution is 7.13. The van der Waals surface area contributed by atoms with Gasteiger partial charge in [-0.2, -0.15) is 0 Å². The zero-order chi connectivity index (χ0) is 15.4. The van der Waals surface area contributed by atoms with Crippen LogP contribution in [0.5, 0.6) is 0 Å². The molecule has 1 aromatic carbocycles. The Morgan fingerprint density at radius 3 is 2.59 bits per heavy atom. The molecule has 0 aliphatic carbocycles. The molecule has 3 rings (SSSR count). The van der Waals surface area contributed by atoms with Gasteiger partial charge in [0.25, 0.3) is 0 Å². The minimum absolute atomic E-state index is 0.0952. The number of rotatable bonds is 4. The number of hydrogen-bond acceptors (Lipinski definition) is 5. The van der Waals surface area contributed by atoms with E-state index in [2.05, 4.69) is 15.0 Å². The second-order valence-corrected chi connectivity index (χ2v) is 5.65. The number of ketones is 1. The summed E-state index contributed by atoms with van der Waals surface area (Å²) >= 11 is 7.24. The molecular formula is C16H10ClN3OS. The first-order valence-electron chi connectivity index (χ1n) is 6.43. The van der Waals surface area contributed by atoms with Gasteiger partial charge >= 0.3 is 0 Å². The summed E-state index contributed by atoms with van der Waals surface area (Å²) in [7, 11) is 0. The van der Waals surface area contributed by atoms with E-state index in [-0.39, 0.29) is 5.78 Å². The molecule has 0 saturated carbocycles. The summed E-state index contributed by atoms with van der Waals surface area (Å²) < 4.78 is 0. The Kier molecular flexibility index (Phi) is 4.37. The van der Waals surface area contributed by atoms with Gasteiger partial charge in [0.15, 0.2) is 16.6 Å². The van der Waals surface area contributed by atoms with Gasteiger partial charge in [-0.1, -0.05) is 11.6 Å². The first-order valence-corrected chi connectivity index (χ1v) is 7.69. The second kappa shape index (κ2) is 6.60. The minimum atomic E-state index is -0.0952. The molecule has 0 radical (unpaired) electrons. The van der Waals surface area contributed by atoms with Gasteiger partial charge in [0.2, 0.25) is 0 Å². The molecule has 22 heavy (non-hydrogen) atoms. The van der Waals surface area contributed by atoms with Crippen molar-refractivity contribution in [2.45, 2.75) is 0 Å². The molecule has 6 heteroatoms. The van der Waals surface area contributed by atoms with Crippen LogP contribution < -0.4 is 0 Å². The molecule has 0 fully saturated rings. The first-order chi connectivity index (χ1) is 10.7. The van der Waals surface area contributed by atoms with E-state index in [0.29, 0.717) is 22.1 Å². The smallest absolute Gasteiger partial charge is 0.188 e. The van der Waals surface area contributed by atoms with Crippen molar-refractivity contribution < 1.29 is 4.79 Å². The summed E-state index contributed by atoms with van der Waals surface area (Å²) in [6.07, 6.45) is 6.51. The van der Waals surface area contributed by atoms with Gasteiger partial charge in [-0.15, -0.1) is 11.3 Å². The number of hydrogen-bond donors (Lipinski definition) is 0. The number of thiazole rings is 1. The highest BCUT2D eigenvalue weighted by atomic mass is 35.5. The minimum Gasteiger partial charge on any atom is -0.289 e. The molecule has 0 aliphatic heterocycles. The van der Waals surface area contributed by atoms with E-state index in [1.807, 2.05) is 5.38 Å². The van der Waals surface area contributed by atoms with Crippen molar-refractivity contribution in [3.05, 3.63) is 70.5 Å². The van der Waals surface area contributed by atoms with Gasteiger partial charge in [-0.25, -0.2) is 15.0 Å². The first kappa shape index (κ1) is 14.6. The number of aromatic nitrogens is 3. The zero-order valence-electron chi connectivity index (χ0n) is 11.3. The van der Waals surface area contributed by atoms with E-state index in [4.69, 9.17) is 11.6 Å². The fourth-order valence-electron chi connectivity index (χ4n) is 1.75. The number of carbonyl (C=O) groups is 1. The van der Waals surface area contributed by atoms with Crippen LogP contribution in [0.2, 0.25) is 5.02 Å². The second-order valence-electron chi connectivity index (χ2n) is 4.35. The molecule has 2 aromatic heterocycles. The molecule has 0 N–H and O–H groups in total. The Morgan fingerprint density at radius 1 is 1.14 bits per heavy atom. The summed E-state index contributed by atoms with van der Waals surface area (Å²) in [4.78, 5) is 24.7. The molecule has 0 aliphatic rings. The predicted molar refractivity (Wildman–Crippen MR) is 88.0 cm³/mol. The summed E-state index contributed by atoms with van der Waals surface area (Å²) in [5.41, 5.74) is 1.29. The third kappa shape index (κ3) is 3.44. The van der Waals surface area contributed by atoms with Crippen molar-refractivity contribution in [2.24, 2.45) is 0 Å². The standard InChI is InChI=1S/C16H10ClN3OS/c17-12-4-2-11(3-5-12)14(21)7-6-13-10-22-16(20-13)15-18-8-1-9-19-15/h1-10H/b7-6+. The van der Waals surface area contributed by atoms with Crippen LogP contribution in [0.25, 0.3) is 16.9 Å². The third-order valence-electron chi connectivity index (χ3n) is 2.81. The normalized spacial score (nSPS) is 11.0. The molecule has 108 valence electrons. The van der Waals surface area contributed by atoms with Crippen molar-refractivity contribution in [3.8, 4) is 10.8 Å². The molecule has 0 atom stereocenters. The molecule has 0 amide bonds. The molecule has 0 saturated heterocycles. The molecule has 3 aromatic rings. The number of halogens is 1. The lowest BCUT2D eigenvalue weighted by Crippen LogP contribution is -1.93. The van der Waals surface area contributed by atoms with Crippen molar-refractivity contribution >= 4 is 34.8 Å². The third-order valence-corrected chi connectivity index (χ3v) is 3.92. The molecular weight excluding hydrogens is 318 g/mol. The lowest BCUT2D eigenvalue weighted by Gasteiger charge is -1.95. The van der Waals surface area contributed by atoms with Crippen LogP contribution in [0, 0.1) is 0 Å². The van der Waals surface area contributed by atoms with Crippen LogP contribution in [0.3, 0.4) is 0 Å². The highest BCUT2D eigenvalue weighted by Crippen LogP contribution is 2.20. The molecule has 0 spiro atoms. The topological polar surface area (TPSA) is 55.7 Å². The fourth-order valence-corrected chi connectivity index (χ4v) is 2.60. The van der Waals surface area contributed by atoms with Crippen LogP contribution in [0.4, 0.5) is 0 Å². The zero-order valence-corrected chi connectivity index (χ0v) is 12.9. The van der Waals surface area contributed by atoms with E-state index in [1.54, 1.807) is 48.8 Å². The lowest BCUT2D eigenvalue weighted by atomic mass is 10.1. The number of carbonyl (C=O) groups excluding carboxylic acids is 1. The van der Waals surface area contributed by atoms with Gasteiger partial charge < -0.3 is 0 Å². The largest absolute Gasteiger partial charge is 0.289 e. The van der Waals surface area contributed by atoms with Crippen LogP contribution in [-0.4, -0.2) is 20.7 Å². The summed E-state index contributed by atoms with van der Waals surface area (Å²) in [5, 5.41) is 3.18. The Hall–Kier alpha value is -2.37. The van der Waals surface area contributed by atoms with Gasteiger partial charge in [-0.3, -0.25) is 4.79 Å². The number of allylic oxidation sites excluding steroid dienone is 1. The number of benzene rings is 1.